The van der Waals surface area contributed by atoms with Crippen LogP contribution in [0.4, 0.5) is 0 Å². The van der Waals surface area contributed by atoms with Gasteiger partial charge in [0.1, 0.15) is 0 Å². The van der Waals surface area contributed by atoms with E-state index < -0.39 is 5.54 Å². The van der Waals surface area contributed by atoms with Crippen LogP contribution in [0.25, 0.3) is 0 Å². The molecule has 0 bridgehead atoms. The minimum Gasteiger partial charge on any atom is -0.625 e. The van der Waals surface area contributed by atoms with E-state index >= 15 is 0 Å². The third-order valence-corrected chi connectivity index (χ3v) is 1.66. The van der Waals surface area contributed by atoms with Crippen molar-refractivity contribution in [2.75, 3.05) is 0 Å². The Bertz CT molecular complexity index is 301. The van der Waals surface area contributed by atoms with Gasteiger partial charge in [-0.15, -0.1) is 0 Å². The number of hydrogen-bond donors (Lipinski definition) is 0. The van der Waals surface area contributed by atoms with Gasteiger partial charge in [-0.3, -0.25) is 6.92 Å². The molecule has 0 spiro atoms. The van der Waals surface area contributed by atoms with Crippen molar-refractivity contribution >= 4 is 6.21 Å². The molecule has 0 amide bonds. The standard InChI is InChI=1S/C11H14NO.CH3.Y/c1-11(2,3)12(13)9-10-7-5-4-6-8-10;;/h4-9H,1H2,2-3H3;1H3;/q2*-1;/b12-9-;;. The first-order chi connectivity index (χ1) is 6.00. The first kappa shape index (κ1) is 17.2. The van der Waals surface area contributed by atoms with Gasteiger partial charge in [-0.05, 0) is 26.0 Å². The summed E-state index contributed by atoms with van der Waals surface area (Å²) in [4.78, 5) is 0. The quantitative estimate of drug-likeness (QED) is 0.269. The van der Waals surface area contributed by atoms with Crippen molar-refractivity contribution in [3.05, 3.63) is 55.5 Å². The van der Waals surface area contributed by atoms with Crippen molar-refractivity contribution in [3.63, 3.8) is 0 Å². The molecule has 0 aromatic heterocycles. The smallest absolute Gasteiger partial charge is 0.179 e. The van der Waals surface area contributed by atoms with Gasteiger partial charge in [-0.25, -0.2) is 4.74 Å². The summed E-state index contributed by atoms with van der Waals surface area (Å²) < 4.78 is 0.863. The fourth-order valence-corrected chi connectivity index (χ4v) is 0.849. The van der Waals surface area contributed by atoms with Gasteiger partial charge in [0.15, 0.2) is 6.21 Å². The van der Waals surface area contributed by atoms with Gasteiger partial charge in [0, 0.05) is 43.8 Å². The van der Waals surface area contributed by atoms with Crippen LogP contribution in [0.1, 0.15) is 19.4 Å². The van der Waals surface area contributed by atoms with Crippen LogP contribution in [0.3, 0.4) is 0 Å². The Hall–Kier alpha value is -0.206. The average Bonchev–Trinajstić information content (AvgIpc) is 2.04. The van der Waals surface area contributed by atoms with Crippen LogP contribution >= 0.6 is 0 Å². The van der Waals surface area contributed by atoms with Gasteiger partial charge in [0.05, 0.1) is 0 Å². The SMILES string of the molecule is [CH2-]C(C)(C)/[N+]([O-])=C/c1ccccc1.[CH3-].[Y]. The van der Waals surface area contributed by atoms with Crippen LogP contribution in [0, 0.1) is 19.6 Å². The summed E-state index contributed by atoms with van der Waals surface area (Å²) in [6.07, 6.45) is 1.55. The monoisotopic (exact) mass is 280 g/mol. The molecule has 0 heterocycles. The van der Waals surface area contributed by atoms with E-state index in [0.717, 1.165) is 10.3 Å². The molecule has 1 aromatic rings. The molecule has 0 fully saturated rings. The summed E-state index contributed by atoms with van der Waals surface area (Å²) in [6.45, 7) is 7.30. The maximum atomic E-state index is 11.4. The van der Waals surface area contributed by atoms with Gasteiger partial charge < -0.3 is 12.6 Å². The first-order valence-corrected chi connectivity index (χ1v) is 4.22. The molecule has 2 nitrogen and oxygen atoms in total. The van der Waals surface area contributed by atoms with E-state index in [9.17, 15) is 5.21 Å². The summed E-state index contributed by atoms with van der Waals surface area (Å²) in [5.74, 6) is 0. The Morgan fingerprint density at radius 2 is 1.73 bits per heavy atom. The van der Waals surface area contributed by atoms with Crippen LogP contribution in [-0.2, 0) is 32.7 Å². The summed E-state index contributed by atoms with van der Waals surface area (Å²) in [5, 5.41) is 11.4. The topological polar surface area (TPSA) is 26.1 Å². The minimum absolute atomic E-state index is 0. The maximum absolute atomic E-state index is 11.4. The number of rotatable bonds is 2. The van der Waals surface area contributed by atoms with Crippen molar-refractivity contribution in [1.82, 2.24) is 0 Å². The zero-order valence-corrected chi connectivity index (χ0v) is 12.4. The molecule has 0 saturated heterocycles. The number of hydrogen-bond acceptors (Lipinski definition) is 1. The third kappa shape index (κ3) is 6.06. The molecular formula is C12H17NOY-2. The Balaban J connectivity index is 0. The van der Waals surface area contributed by atoms with Gasteiger partial charge in [0.2, 0.25) is 0 Å². The van der Waals surface area contributed by atoms with Crippen LogP contribution < -0.4 is 0 Å². The second-order valence-corrected chi connectivity index (χ2v) is 3.68. The fourth-order valence-electron chi connectivity index (χ4n) is 0.849. The van der Waals surface area contributed by atoms with E-state index in [4.69, 9.17) is 0 Å². The minimum atomic E-state index is -0.615. The fraction of sp³-hybridized carbons (Fsp3) is 0.250. The predicted molar refractivity (Wildman–Crippen MR) is 61.1 cm³/mol. The zero-order chi connectivity index (χ0) is 9.90. The molecule has 1 radical (unpaired) electrons. The molecule has 3 heteroatoms. The normalized spacial score (nSPS) is 11.3. The molecular weight excluding hydrogens is 263 g/mol. The second-order valence-electron chi connectivity index (χ2n) is 3.68. The molecule has 15 heavy (non-hydrogen) atoms. The summed E-state index contributed by atoms with van der Waals surface area (Å²) in [5.41, 5.74) is 0.282. The van der Waals surface area contributed by atoms with Crippen molar-refractivity contribution < 1.29 is 37.4 Å². The van der Waals surface area contributed by atoms with Gasteiger partial charge >= 0.3 is 0 Å². The molecule has 0 saturated carbocycles. The number of nitrogens with zero attached hydrogens (tertiary/aromatic N) is 1. The Kier molecular flexibility index (Phi) is 8.18. The van der Waals surface area contributed by atoms with Gasteiger partial charge in [-0.1, -0.05) is 18.2 Å². The zero-order valence-electron chi connectivity index (χ0n) is 9.60. The van der Waals surface area contributed by atoms with E-state index in [1.807, 2.05) is 30.3 Å². The Morgan fingerprint density at radius 1 is 1.27 bits per heavy atom. The van der Waals surface area contributed by atoms with Gasteiger partial charge in [-0.2, -0.15) is 0 Å². The molecule has 0 aliphatic rings. The molecule has 0 atom stereocenters. The Labute approximate surface area is 118 Å². The van der Waals surface area contributed by atoms with E-state index in [2.05, 4.69) is 6.92 Å². The summed E-state index contributed by atoms with van der Waals surface area (Å²) in [7, 11) is 0. The van der Waals surface area contributed by atoms with E-state index in [-0.39, 0.29) is 40.1 Å². The van der Waals surface area contributed by atoms with E-state index in [1.54, 1.807) is 20.1 Å². The van der Waals surface area contributed by atoms with Crippen molar-refractivity contribution in [3.8, 4) is 0 Å². The molecule has 0 aliphatic carbocycles. The summed E-state index contributed by atoms with van der Waals surface area (Å²) >= 11 is 0. The number of hydroxylamine groups is 1. The van der Waals surface area contributed by atoms with Crippen molar-refractivity contribution in [1.29, 1.82) is 0 Å². The molecule has 81 valence electrons. The largest absolute Gasteiger partial charge is 0.625 e. The van der Waals surface area contributed by atoms with Crippen molar-refractivity contribution in [2.45, 2.75) is 19.4 Å². The summed E-state index contributed by atoms with van der Waals surface area (Å²) in [6, 6.07) is 9.49. The molecule has 1 rings (SSSR count). The van der Waals surface area contributed by atoms with Crippen LogP contribution in [-0.4, -0.2) is 16.5 Å². The van der Waals surface area contributed by atoms with Crippen molar-refractivity contribution in [2.24, 2.45) is 0 Å². The average molecular weight is 280 g/mol. The molecule has 1 aromatic carbocycles. The van der Waals surface area contributed by atoms with Crippen LogP contribution in [0.15, 0.2) is 30.3 Å². The van der Waals surface area contributed by atoms with E-state index in [0.29, 0.717) is 0 Å². The predicted octanol–water partition coefficient (Wildman–Crippen LogP) is 2.68. The van der Waals surface area contributed by atoms with E-state index in [1.165, 1.54) is 0 Å². The maximum Gasteiger partial charge on any atom is 0.179 e. The molecule has 0 N–H and O–H groups in total. The first-order valence-electron chi connectivity index (χ1n) is 4.22. The Morgan fingerprint density at radius 3 is 2.13 bits per heavy atom. The van der Waals surface area contributed by atoms with Gasteiger partial charge in [0.25, 0.3) is 0 Å². The van der Waals surface area contributed by atoms with Crippen LogP contribution in [0.2, 0.25) is 0 Å². The molecule has 0 unspecified atom stereocenters. The third-order valence-electron chi connectivity index (χ3n) is 1.66. The molecule has 0 aliphatic heterocycles. The second kappa shape index (κ2) is 7.13. The van der Waals surface area contributed by atoms with Crippen LogP contribution in [0.5, 0.6) is 0 Å². The number of benzene rings is 1.